The highest BCUT2D eigenvalue weighted by Crippen LogP contribution is 2.38. The zero-order chi connectivity index (χ0) is 22.8. The number of carbonyl (C=O) groups excluding carboxylic acids is 2. The van der Waals surface area contributed by atoms with Gasteiger partial charge in [-0.15, -0.1) is 0 Å². The number of nitrogens with one attached hydrogen (secondary N) is 1. The first kappa shape index (κ1) is 21.5. The molecule has 0 spiro atoms. The predicted molar refractivity (Wildman–Crippen MR) is 119 cm³/mol. The van der Waals surface area contributed by atoms with Crippen molar-refractivity contribution in [2.45, 2.75) is 13.0 Å². The molecule has 1 aromatic heterocycles. The second-order valence-corrected chi connectivity index (χ2v) is 8.23. The standard InChI is InChI=1S/C25H26N4O3/c1-17-20(16-26-29(17)19-12-8-5-9-13-19)23(30)21-22(18-10-6-4-7-11-18)28(15-14-27(2)3)25(32)24(21)31/h4-13,16,22,30H,14-15H2,1-3H3. The van der Waals surface area contributed by atoms with Gasteiger partial charge >= 0.3 is 0 Å². The lowest BCUT2D eigenvalue weighted by atomic mass is 9.95. The van der Waals surface area contributed by atoms with Crippen LogP contribution in [0.1, 0.15) is 22.9 Å². The largest absolute Gasteiger partial charge is 0.872 e. The van der Waals surface area contributed by atoms with Gasteiger partial charge in [-0.2, -0.15) is 5.10 Å². The van der Waals surface area contributed by atoms with Gasteiger partial charge in [-0.1, -0.05) is 54.3 Å². The summed E-state index contributed by atoms with van der Waals surface area (Å²) in [6, 6.07) is 18.0. The number of nitrogens with zero attached hydrogens (tertiary/aromatic N) is 3. The molecule has 1 saturated heterocycles. The fourth-order valence-electron chi connectivity index (χ4n) is 4.03. The molecule has 1 unspecified atom stereocenters. The molecular weight excluding hydrogens is 404 g/mol. The van der Waals surface area contributed by atoms with Crippen molar-refractivity contribution >= 4 is 17.4 Å². The fraction of sp³-hybridized carbons (Fsp3) is 0.240. The number of amides is 1. The number of quaternary nitrogens is 1. The van der Waals surface area contributed by atoms with Crippen LogP contribution in [0.2, 0.25) is 0 Å². The monoisotopic (exact) mass is 430 g/mol. The van der Waals surface area contributed by atoms with Gasteiger partial charge in [0.05, 0.1) is 45.1 Å². The van der Waals surface area contributed by atoms with Gasteiger partial charge in [-0.25, -0.2) is 4.68 Å². The van der Waals surface area contributed by atoms with Gasteiger partial charge in [0.25, 0.3) is 5.91 Å². The summed E-state index contributed by atoms with van der Waals surface area (Å²) in [6.45, 7) is 2.83. The van der Waals surface area contributed by atoms with Crippen LogP contribution in [0, 0.1) is 6.92 Å². The molecule has 3 aromatic rings. The first-order valence-electron chi connectivity index (χ1n) is 10.6. The summed E-state index contributed by atoms with van der Waals surface area (Å²) in [6.07, 6.45) is 1.48. The zero-order valence-corrected chi connectivity index (χ0v) is 18.4. The van der Waals surface area contributed by atoms with Gasteiger partial charge in [-0.05, 0) is 24.6 Å². The van der Waals surface area contributed by atoms with E-state index in [1.165, 1.54) is 11.1 Å². The zero-order valence-electron chi connectivity index (χ0n) is 18.4. The van der Waals surface area contributed by atoms with E-state index >= 15 is 0 Å². The molecule has 2 aromatic carbocycles. The SMILES string of the molecule is Cc1c(C([O-])=C2C(=O)C(=O)N(CC[NH+](C)C)C2c2ccccc2)cnn1-c1ccccc1. The Morgan fingerprint density at radius 2 is 1.66 bits per heavy atom. The second-order valence-electron chi connectivity index (χ2n) is 8.23. The highest BCUT2D eigenvalue weighted by molar-refractivity contribution is 6.46. The van der Waals surface area contributed by atoms with E-state index in [0.717, 1.165) is 16.2 Å². The van der Waals surface area contributed by atoms with E-state index in [-0.39, 0.29) is 5.57 Å². The third kappa shape index (κ3) is 3.83. The molecule has 0 aliphatic carbocycles. The average Bonchev–Trinajstić information content (AvgIpc) is 3.30. The molecule has 1 atom stereocenters. The second kappa shape index (κ2) is 8.80. The summed E-state index contributed by atoms with van der Waals surface area (Å²) in [5.41, 5.74) is 2.50. The minimum Gasteiger partial charge on any atom is -0.872 e. The van der Waals surface area contributed by atoms with Gasteiger partial charge in [0, 0.05) is 16.8 Å². The molecule has 7 nitrogen and oxygen atoms in total. The summed E-state index contributed by atoms with van der Waals surface area (Å²) in [5, 5.41) is 18.0. The minimum atomic E-state index is -0.732. The molecule has 32 heavy (non-hydrogen) atoms. The van der Waals surface area contributed by atoms with E-state index in [2.05, 4.69) is 5.10 Å². The Morgan fingerprint density at radius 3 is 2.28 bits per heavy atom. The molecule has 0 radical (unpaired) electrons. The van der Waals surface area contributed by atoms with Crippen LogP contribution in [0.25, 0.3) is 11.4 Å². The van der Waals surface area contributed by atoms with Gasteiger partial charge in [0.2, 0.25) is 5.78 Å². The van der Waals surface area contributed by atoms with Crippen molar-refractivity contribution in [2.75, 3.05) is 27.2 Å². The van der Waals surface area contributed by atoms with Crippen molar-refractivity contribution in [1.82, 2.24) is 14.7 Å². The topological polar surface area (TPSA) is 82.7 Å². The number of para-hydroxylation sites is 1. The maximum Gasteiger partial charge on any atom is 0.295 e. The molecule has 1 N–H and O–H groups in total. The minimum absolute atomic E-state index is 0.00864. The fourth-order valence-corrected chi connectivity index (χ4v) is 4.03. The molecule has 4 rings (SSSR count). The van der Waals surface area contributed by atoms with E-state index in [1.807, 2.05) is 74.8 Å². The Morgan fingerprint density at radius 1 is 1.03 bits per heavy atom. The Hall–Kier alpha value is -3.71. The van der Waals surface area contributed by atoms with Crippen LogP contribution in [-0.2, 0) is 9.59 Å². The summed E-state index contributed by atoms with van der Waals surface area (Å²) < 4.78 is 1.67. The number of carbonyl (C=O) groups is 2. The number of Topliss-reactive ketones (excluding diaryl/α,β-unsaturated/α-hetero) is 1. The van der Waals surface area contributed by atoms with Crippen LogP contribution in [0.15, 0.2) is 72.4 Å². The maximum absolute atomic E-state index is 13.6. The van der Waals surface area contributed by atoms with Crippen LogP contribution < -0.4 is 10.0 Å². The Bertz CT molecular complexity index is 1170. The first-order valence-corrected chi connectivity index (χ1v) is 10.6. The van der Waals surface area contributed by atoms with E-state index in [0.29, 0.717) is 24.3 Å². The Labute approximate surface area is 187 Å². The number of rotatable bonds is 6. The summed E-state index contributed by atoms with van der Waals surface area (Å²) in [7, 11) is 3.97. The summed E-state index contributed by atoms with van der Waals surface area (Å²) >= 11 is 0. The molecule has 1 fully saturated rings. The smallest absolute Gasteiger partial charge is 0.295 e. The maximum atomic E-state index is 13.6. The van der Waals surface area contributed by atoms with Crippen molar-refractivity contribution in [3.05, 3.63) is 89.3 Å². The van der Waals surface area contributed by atoms with Crippen molar-refractivity contribution < 1.29 is 19.6 Å². The highest BCUT2D eigenvalue weighted by atomic mass is 16.3. The molecule has 164 valence electrons. The molecular formula is C25H26N4O3. The molecule has 1 amide bonds. The predicted octanol–water partition coefficient (Wildman–Crippen LogP) is 0.549. The number of benzene rings is 2. The molecule has 1 aliphatic rings. The van der Waals surface area contributed by atoms with E-state index < -0.39 is 23.5 Å². The molecule has 0 saturated carbocycles. The summed E-state index contributed by atoms with van der Waals surface area (Å²) in [5.74, 6) is -1.81. The first-order chi connectivity index (χ1) is 15.4. The lowest BCUT2D eigenvalue weighted by Crippen LogP contribution is -3.06. The van der Waals surface area contributed by atoms with Crippen molar-refractivity contribution in [3.8, 4) is 5.69 Å². The number of hydrogen-bond donors (Lipinski definition) is 1. The van der Waals surface area contributed by atoms with Crippen molar-refractivity contribution in [3.63, 3.8) is 0 Å². The number of likely N-dealkylation sites (tertiary alicyclic amines) is 1. The van der Waals surface area contributed by atoms with Crippen LogP contribution >= 0.6 is 0 Å². The number of aromatic nitrogens is 2. The van der Waals surface area contributed by atoms with E-state index in [9.17, 15) is 14.7 Å². The van der Waals surface area contributed by atoms with Gasteiger partial charge < -0.3 is 14.9 Å². The van der Waals surface area contributed by atoms with Crippen LogP contribution in [0.3, 0.4) is 0 Å². The third-order valence-electron chi connectivity index (χ3n) is 5.75. The van der Waals surface area contributed by atoms with Crippen LogP contribution in [0.5, 0.6) is 0 Å². The van der Waals surface area contributed by atoms with E-state index in [1.54, 1.807) is 11.6 Å². The van der Waals surface area contributed by atoms with Gasteiger partial charge in [0.1, 0.15) is 0 Å². The molecule has 7 heteroatoms. The normalized spacial score (nSPS) is 18.0. The Balaban J connectivity index is 1.83. The number of likely N-dealkylation sites (N-methyl/N-ethyl adjacent to an activating group) is 1. The van der Waals surface area contributed by atoms with Crippen LogP contribution in [-0.4, -0.2) is 53.6 Å². The third-order valence-corrected chi connectivity index (χ3v) is 5.75. The number of hydrogen-bond acceptors (Lipinski definition) is 4. The average molecular weight is 431 g/mol. The van der Waals surface area contributed by atoms with E-state index in [4.69, 9.17) is 0 Å². The van der Waals surface area contributed by atoms with Crippen molar-refractivity contribution in [1.29, 1.82) is 0 Å². The Kier molecular flexibility index (Phi) is 5.92. The molecule has 2 heterocycles. The molecule has 0 bridgehead atoms. The van der Waals surface area contributed by atoms with Crippen molar-refractivity contribution in [2.24, 2.45) is 0 Å². The lowest BCUT2D eigenvalue weighted by Gasteiger charge is -2.27. The summed E-state index contributed by atoms with van der Waals surface area (Å²) in [4.78, 5) is 28.7. The molecule has 1 aliphatic heterocycles. The number of ketones is 1. The quantitative estimate of drug-likeness (QED) is 0.352. The van der Waals surface area contributed by atoms with Gasteiger partial charge in [0.15, 0.2) is 0 Å². The van der Waals surface area contributed by atoms with Crippen LogP contribution in [0.4, 0.5) is 0 Å². The highest BCUT2D eigenvalue weighted by Gasteiger charge is 2.44. The van der Waals surface area contributed by atoms with Gasteiger partial charge in [-0.3, -0.25) is 9.59 Å². The lowest BCUT2D eigenvalue weighted by molar-refractivity contribution is -0.857.